The van der Waals surface area contributed by atoms with Crippen molar-refractivity contribution in [1.82, 2.24) is 20.2 Å². The van der Waals surface area contributed by atoms with Gasteiger partial charge in [0, 0.05) is 19.1 Å². The van der Waals surface area contributed by atoms with Gasteiger partial charge in [0.2, 0.25) is 5.91 Å². The third-order valence-electron chi connectivity index (χ3n) is 6.73. The Morgan fingerprint density at radius 2 is 1.93 bits per heavy atom. The van der Waals surface area contributed by atoms with E-state index in [-0.39, 0.29) is 5.91 Å². The van der Waals surface area contributed by atoms with Crippen LogP contribution in [0.2, 0.25) is 0 Å². The predicted octanol–water partition coefficient (Wildman–Crippen LogP) is 2.39. The van der Waals surface area contributed by atoms with Crippen molar-refractivity contribution in [3.05, 3.63) is 11.9 Å². The van der Waals surface area contributed by atoms with Crippen LogP contribution in [0.3, 0.4) is 0 Å². The highest BCUT2D eigenvalue weighted by atomic mass is 16.2. The van der Waals surface area contributed by atoms with Crippen molar-refractivity contribution >= 4 is 17.5 Å². The van der Waals surface area contributed by atoms with Crippen LogP contribution in [0.4, 0.5) is 11.6 Å². The normalized spacial score (nSPS) is 29.1. The maximum atomic E-state index is 13.1. The van der Waals surface area contributed by atoms with E-state index in [4.69, 9.17) is 0 Å². The van der Waals surface area contributed by atoms with Crippen molar-refractivity contribution in [3.63, 3.8) is 0 Å². The van der Waals surface area contributed by atoms with Gasteiger partial charge in [0.15, 0.2) is 0 Å². The average molecular weight is 387 g/mol. The van der Waals surface area contributed by atoms with Gasteiger partial charge in [0.25, 0.3) is 0 Å². The summed E-state index contributed by atoms with van der Waals surface area (Å²) in [5.41, 5.74) is 1.07. The van der Waals surface area contributed by atoms with Crippen LogP contribution in [0.15, 0.2) is 6.33 Å². The van der Waals surface area contributed by atoms with Gasteiger partial charge in [0.1, 0.15) is 18.0 Å². The molecule has 0 radical (unpaired) electrons. The zero-order chi connectivity index (χ0) is 19.5. The van der Waals surface area contributed by atoms with E-state index in [2.05, 4.69) is 32.4 Å². The molecule has 1 amide bonds. The second-order valence-corrected chi connectivity index (χ2v) is 8.75. The first-order chi connectivity index (χ1) is 13.6. The van der Waals surface area contributed by atoms with Crippen molar-refractivity contribution in [1.29, 1.82) is 0 Å². The largest absolute Gasteiger partial charge is 0.367 e. The quantitative estimate of drug-likeness (QED) is 0.831. The number of likely N-dealkylation sites (N-methyl/N-ethyl adjacent to an activating group) is 1. The maximum absolute atomic E-state index is 13.1. The summed E-state index contributed by atoms with van der Waals surface area (Å²) in [6.07, 6.45) is 9.89. The summed E-state index contributed by atoms with van der Waals surface area (Å²) >= 11 is 0. The van der Waals surface area contributed by atoms with Crippen molar-refractivity contribution < 1.29 is 4.79 Å². The third-order valence-corrected chi connectivity index (χ3v) is 6.73. The molecule has 28 heavy (non-hydrogen) atoms. The lowest BCUT2D eigenvalue weighted by atomic mass is 9.86. The van der Waals surface area contributed by atoms with E-state index in [9.17, 15) is 4.79 Å². The van der Waals surface area contributed by atoms with Gasteiger partial charge in [-0.05, 0) is 51.1 Å². The number of hydrogen-bond donors (Lipinski definition) is 2. The number of fused-ring (bicyclic) bond motifs is 1. The number of nitrogens with zero attached hydrogens (tertiary/aromatic N) is 4. The Hall–Kier alpha value is -1.89. The first kappa shape index (κ1) is 19.4. The summed E-state index contributed by atoms with van der Waals surface area (Å²) in [5.74, 6) is 2.66. The molecule has 3 atom stereocenters. The lowest BCUT2D eigenvalue weighted by Gasteiger charge is -2.32. The van der Waals surface area contributed by atoms with E-state index in [1.165, 1.54) is 25.7 Å². The highest BCUT2D eigenvalue weighted by Gasteiger charge is 2.32. The van der Waals surface area contributed by atoms with E-state index in [0.29, 0.717) is 31.1 Å². The average Bonchev–Trinajstić information content (AvgIpc) is 3.03. The van der Waals surface area contributed by atoms with E-state index >= 15 is 0 Å². The minimum atomic E-state index is 0.199. The lowest BCUT2D eigenvalue weighted by Crippen LogP contribution is -2.43. The Morgan fingerprint density at radius 1 is 1.07 bits per heavy atom. The molecule has 1 aromatic rings. The van der Waals surface area contributed by atoms with Crippen molar-refractivity contribution in [3.8, 4) is 0 Å². The van der Waals surface area contributed by atoms with Crippen molar-refractivity contribution in [2.24, 2.45) is 5.92 Å². The molecule has 0 spiro atoms. The highest BCUT2D eigenvalue weighted by molar-refractivity contribution is 5.84. The molecule has 154 valence electrons. The number of rotatable bonds is 3. The fourth-order valence-electron chi connectivity index (χ4n) is 4.98. The summed E-state index contributed by atoms with van der Waals surface area (Å²) in [6, 6.07) is 0.746. The SMILES string of the molecule is CC1CCCCC1Nc1ncnc2c1CN(C1CCCNCC1)C(=O)CN2C. The van der Waals surface area contributed by atoms with Crippen LogP contribution in [0.1, 0.15) is 57.4 Å². The number of nitrogens with one attached hydrogen (secondary N) is 2. The van der Waals surface area contributed by atoms with Gasteiger partial charge in [-0.1, -0.05) is 19.8 Å². The molecule has 1 aliphatic carbocycles. The number of anilines is 2. The number of amides is 1. The molecule has 1 saturated carbocycles. The summed E-state index contributed by atoms with van der Waals surface area (Å²) in [7, 11) is 1.97. The number of carbonyl (C=O) groups excluding carboxylic acids is 1. The lowest BCUT2D eigenvalue weighted by molar-refractivity contribution is -0.132. The molecule has 0 bridgehead atoms. The molecule has 7 nitrogen and oxygen atoms in total. The van der Waals surface area contributed by atoms with Gasteiger partial charge < -0.3 is 20.4 Å². The van der Waals surface area contributed by atoms with Crippen LogP contribution >= 0.6 is 0 Å². The molecule has 4 rings (SSSR count). The van der Waals surface area contributed by atoms with Gasteiger partial charge in [-0.25, -0.2) is 9.97 Å². The fraction of sp³-hybridized carbons (Fsp3) is 0.762. The van der Waals surface area contributed by atoms with Crippen LogP contribution in [0, 0.1) is 5.92 Å². The highest BCUT2D eigenvalue weighted by Crippen LogP contribution is 2.32. The van der Waals surface area contributed by atoms with Gasteiger partial charge in [-0.2, -0.15) is 0 Å². The molecule has 3 aliphatic rings. The van der Waals surface area contributed by atoms with E-state index < -0.39 is 0 Å². The summed E-state index contributed by atoms with van der Waals surface area (Å²) in [5, 5.41) is 7.19. The molecule has 1 aromatic heterocycles. The molecular formula is C21H34N6O. The Kier molecular flexibility index (Phi) is 5.99. The number of aromatic nitrogens is 2. The molecule has 2 fully saturated rings. The molecule has 7 heteroatoms. The second-order valence-electron chi connectivity index (χ2n) is 8.75. The second kappa shape index (κ2) is 8.64. The van der Waals surface area contributed by atoms with Crippen molar-refractivity contribution in [2.75, 3.05) is 36.9 Å². The molecule has 0 aromatic carbocycles. The zero-order valence-electron chi connectivity index (χ0n) is 17.3. The van der Waals surface area contributed by atoms with E-state index in [0.717, 1.165) is 49.6 Å². The first-order valence-electron chi connectivity index (χ1n) is 10.9. The Labute approximate surface area is 168 Å². The molecule has 2 aliphatic heterocycles. The van der Waals surface area contributed by atoms with Gasteiger partial charge in [-0.15, -0.1) is 0 Å². The predicted molar refractivity (Wildman–Crippen MR) is 111 cm³/mol. The van der Waals surface area contributed by atoms with Crippen LogP contribution in [0.25, 0.3) is 0 Å². The van der Waals surface area contributed by atoms with Gasteiger partial charge in [0.05, 0.1) is 18.7 Å². The zero-order valence-corrected chi connectivity index (χ0v) is 17.3. The Balaban J connectivity index is 1.62. The minimum absolute atomic E-state index is 0.199. The number of hydrogen-bond acceptors (Lipinski definition) is 6. The third kappa shape index (κ3) is 4.09. The van der Waals surface area contributed by atoms with Crippen LogP contribution in [0.5, 0.6) is 0 Å². The standard InChI is InChI=1S/C21H34N6O/c1-15-6-3-4-8-18(15)25-20-17-12-27(16-7-5-10-22-11-9-16)19(28)13-26(2)21(17)24-14-23-20/h14-16,18,22H,3-13H2,1-2H3,(H,23,24,25). The minimum Gasteiger partial charge on any atom is -0.367 e. The van der Waals surface area contributed by atoms with Crippen LogP contribution < -0.4 is 15.5 Å². The molecule has 1 saturated heterocycles. The number of carbonyl (C=O) groups is 1. The summed E-state index contributed by atoms with van der Waals surface area (Å²) < 4.78 is 0. The Morgan fingerprint density at radius 3 is 2.79 bits per heavy atom. The van der Waals surface area contributed by atoms with Crippen molar-refractivity contribution in [2.45, 2.75) is 70.5 Å². The molecule has 2 N–H and O–H groups in total. The van der Waals surface area contributed by atoms with Crippen LogP contribution in [-0.4, -0.2) is 59.5 Å². The summed E-state index contributed by atoms with van der Waals surface area (Å²) in [6.45, 7) is 5.34. The summed E-state index contributed by atoms with van der Waals surface area (Å²) in [4.78, 5) is 26.3. The van der Waals surface area contributed by atoms with Gasteiger partial charge >= 0.3 is 0 Å². The van der Waals surface area contributed by atoms with E-state index in [1.54, 1.807) is 6.33 Å². The maximum Gasteiger partial charge on any atom is 0.242 e. The van der Waals surface area contributed by atoms with Crippen LogP contribution in [-0.2, 0) is 11.3 Å². The molecular weight excluding hydrogens is 352 g/mol. The fourth-order valence-corrected chi connectivity index (χ4v) is 4.98. The smallest absolute Gasteiger partial charge is 0.242 e. The monoisotopic (exact) mass is 386 g/mol. The van der Waals surface area contributed by atoms with Gasteiger partial charge in [-0.3, -0.25) is 4.79 Å². The first-order valence-corrected chi connectivity index (χ1v) is 10.9. The molecule has 3 unspecified atom stereocenters. The Bertz CT molecular complexity index is 687. The molecule has 3 heterocycles. The van der Waals surface area contributed by atoms with E-state index in [1.807, 2.05) is 11.9 Å². The topological polar surface area (TPSA) is 73.4 Å².